The van der Waals surface area contributed by atoms with Crippen molar-refractivity contribution in [3.05, 3.63) is 28.2 Å². The van der Waals surface area contributed by atoms with E-state index in [0.29, 0.717) is 6.10 Å². The van der Waals surface area contributed by atoms with Crippen molar-refractivity contribution in [2.24, 2.45) is 11.7 Å². The van der Waals surface area contributed by atoms with Gasteiger partial charge < -0.3 is 10.5 Å². The summed E-state index contributed by atoms with van der Waals surface area (Å²) in [5.74, 6) is 1.81. The number of ether oxygens (including phenoxy) is 1. The van der Waals surface area contributed by atoms with Gasteiger partial charge in [0.1, 0.15) is 5.75 Å². The summed E-state index contributed by atoms with van der Waals surface area (Å²) in [6, 6.07) is 6.16. The second-order valence-electron chi connectivity index (χ2n) is 5.47. The maximum absolute atomic E-state index is 6.05. The quantitative estimate of drug-likeness (QED) is 0.896. The molecule has 1 aliphatic carbocycles. The van der Waals surface area contributed by atoms with Gasteiger partial charge in [0.2, 0.25) is 0 Å². The van der Waals surface area contributed by atoms with Crippen molar-refractivity contribution in [2.75, 3.05) is 0 Å². The molecule has 2 nitrogen and oxygen atoms in total. The van der Waals surface area contributed by atoms with Crippen molar-refractivity contribution in [3.8, 4) is 5.75 Å². The van der Waals surface area contributed by atoms with Crippen molar-refractivity contribution in [2.45, 2.75) is 51.7 Å². The Morgan fingerprint density at radius 2 is 1.94 bits per heavy atom. The molecule has 0 aliphatic heterocycles. The molecule has 100 valence electrons. The van der Waals surface area contributed by atoms with Gasteiger partial charge in [-0.2, -0.15) is 0 Å². The van der Waals surface area contributed by atoms with E-state index in [1.54, 1.807) is 0 Å². The minimum Gasteiger partial charge on any atom is -0.490 e. The monoisotopic (exact) mass is 311 g/mol. The molecule has 3 heteroatoms. The van der Waals surface area contributed by atoms with Crippen LogP contribution >= 0.6 is 15.9 Å². The lowest BCUT2D eigenvalue weighted by Crippen LogP contribution is -2.23. The first-order chi connectivity index (χ1) is 8.56. The average molecular weight is 312 g/mol. The van der Waals surface area contributed by atoms with E-state index in [4.69, 9.17) is 10.5 Å². The molecule has 0 radical (unpaired) electrons. The lowest BCUT2D eigenvalue weighted by Gasteiger charge is -2.27. The van der Waals surface area contributed by atoms with Crippen molar-refractivity contribution >= 4 is 15.9 Å². The normalized spacial score (nSPS) is 25.8. The Balaban J connectivity index is 2.00. The van der Waals surface area contributed by atoms with Crippen LogP contribution in [0, 0.1) is 5.92 Å². The first-order valence-electron chi connectivity index (χ1n) is 6.78. The van der Waals surface area contributed by atoms with Crippen LogP contribution in [0.15, 0.2) is 22.7 Å². The van der Waals surface area contributed by atoms with E-state index < -0.39 is 0 Å². The molecule has 0 aromatic heterocycles. The zero-order valence-electron chi connectivity index (χ0n) is 11.2. The third-order valence-corrected chi connectivity index (χ3v) is 4.41. The number of benzene rings is 1. The van der Waals surface area contributed by atoms with Crippen molar-refractivity contribution < 1.29 is 4.74 Å². The Bertz CT molecular complexity index is 397. The molecule has 0 saturated heterocycles. The average Bonchev–Trinajstić information content (AvgIpc) is 2.32. The summed E-state index contributed by atoms with van der Waals surface area (Å²) in [6.45, 7) is 4.31. The summed E-state index contributed by atoms with van der Waals surface area (Å²) in [5.41, 5.74) is 7.02. The molecule has 2 rings (SSSR count). The molecular weight excluding hydrogens is 290 g/mol. The molecule has 1 fully saturated rings. The highest BCUT2D eigenvalue weighted by molar-refractivity contribution is 9.10. The number of hydrogen-bond acceptors (Lipinski definition) is 2. The topological polar surface area (TPSA) is 35.2 Å². The first-order valence-corrected chi connectivity index (χ1v) is 7.57. The van der Waals surface area contributed by atoms with E-state index in [-0.39, 0.29) is 6.04 Å². The molecule has 1 atom stereocenters. The molecule has 0 bridgehead atoms. The number of hydrogen-bond donors (Lipinski definition) is 1. The lowest BCUT2D eigenvalue weighted by atomic mass is 9.89. The summed E-state index contributed by atoms with van der Waals surface area (Å²) in [5, 5.41) is 0. The zero-order valence-corrected chi connectivity index (χ0v) is 12.7. The van der Waals surface area contributed by atoms with Crippen molar-refractivity contribution in [1.82, 2.24) is 0 Å². The number of halogens is 1. The largest absolute Gasteiger partial charge is 0.490 e. The van der Waals surface area contributed by atoms with Crippen LogP contribution < -0.4 is 10.5 Å². The number of nitrogens with two attached hydrogens (primary N) is 1. The number of rotatable bonds is 3. The predicted octanol–water partition coefficient (Wildman–Crippen LogP) is 4.43. The van der Waals surface area contributed by atoms with Gasteiger partial charge in [-0.05, 0) is 56.2 Å². The van der Waals surface area contributed by atoms with Gasteiger partial charge in [0, 0.05) is 10.5 Å². The molecule has 0 heterocycles. The van der Waals surface area contributed by atoms with Gasteiger partial charge in [0.15, 0.2) is 0 Å². The van der Waals surface area contributed by atoms with E-state index >= 15 is 0 Å². The van der Waals surface area contributed by atoms with Gasteiger partial charge in [0.25, 0.3) is 0 Å². The third-order valence-electron chi connectivity index (χ3n) is 3.73. The summed E-state index contributed by atoms with van der Waals surface area (Å²) < 4.78 is 7.09. The fraction of sp³-hybridized carbons (Fsp3) is 0.600. The summed E-state index contributed by atoms with van der Waals surface area (Å²) in [7, 11) is 0. The highest BCUT2D eigenvalue weighted by atomic mass is 79.9. The van der Waals surface area contributed by atoms with E-state index in [2.05, 4.69) is 28.9 Å². The van der Waals surface area contributed by atoms with Crippen LogP contribution in [0.25, 0.3) is 0 Å². The molecule has 1 saturated carbocycles. The van der Waals surface area contributed by atoms with Crippen molar-refractivity contribution in [1.29, 1.82) is 0 Å². The van der Waals surface area contributed by atoms with Gasteiger partial charge in [0.05, 0.1) is 6.10 Å². The molecule has 1 unspecified atom stereocenters. The van der Waals surface area contributed by atoms with E-state index in [1.165, 1.54) is 25.7 Å². The molecule has 18 heavy (non-hydrogen) atoms. The summed E-state index contributed by atoms with van der Waals surface area (Å²) >= 11 is 3.56. The zero-order chi connectivity index (χ0) is 13.1. The first kappa shape index (κ1) is 13.9. The Kier molecular flexibility index (Phi) is 4.68. The van der Waals surface area contributed by atoms with Crippen LogP contribution in [-0.2, 0) is 0 Å². The van der Waals surface area contributed by atoms with Gasteiger partial charge in [-0.1, -0.05) is 28.9 Å². The maximum atomic E-state index is 6.05. The fourth-order valence-corrected chi connectivity index (χ4v) is 3.21. The Hall–Kier alpha value is -0.540. The standard InChI is InChI=1S/C15H22BrNO/c1-10-3-5-12(6-4-10)18-13-7-8-14(11(2)17)15(16)9-13/h7-12H,3-6,17H2,1-2H3. The Morgan fingerprint density at radius 1 is 1.28 bits per heavy atom. The summed E-state index contributed by atoms with van der Waals surface area (Å²) in [6.07, 6.45) is 5.30. The van der Waals surface area contributed by atoms with Crippen molar-refractivity contribution in [3.63, 3.8) is 0 Å². The second-order valence-corrected chi connectivity index (χ2v) is 6.33. The SMILES string of the molecule is CC1CCC(Oc2ccc(C(C)N)c(Br)c2)CC1. The van der Waals surface area contributed by atoms with Gasteiger partial charge in [-0.3, -0.25) is 0 Å². The van der Waals surface area contributed by atoms with Crippen LogP contribution in [-0.4, -0.2) is 6.10 Å². The smallest absolute Gasteiger partial charge is 0.120 e. The van der Waals surface area contributed by atoms with Gasteiger partial charge in [-0.25, -0.2) is 0 Å². The highest BCUT2D eigenvalue weighted by Gasteiger charge is 2.19. The van der Waals surface area contributed by atoms with Gasteiger partial charge >= 0.3 is 0 Å². The van der Waals surface area contributed by atoms with Crippen LogP contribution in [0.1, 0.15) is 51.1 Å². The van der Waals surface area contributed by atoms with Crippen LogP contribution in [0.2, 0.25) is 0 Å². The fourth-order valence-electron chi connectivity index (χ4n) is 2.49. The Labute approximate surface area is 118 Å². The van der Waals surface area contributed by atoms with Gasteiger partial charge in [-0.15, -0.1) is 0 Å². The molecule has 1 aromatic rings. The molecule has 1 aromatic carbocycles. The van der Waals surface area contributed by atoms with E-state index in [9.17, 15) is 0 Å². The molecule has 2 N–H and O–H groups in total. The molecule has 1 aliphatic rings. The lowest BCUT2D eigenvalue weighted by molar-refractivity contribution is 0.135. The molecule has 0 spiro atoms. The summed E-state index contributed by atoms with van der Waals surface area (Å²) in [4.78, 5) is 0. The van der Waals surface area contributed by atoms with Crippen LogP contribution in [0.3, 0.4) is 0 Å². The highest BCUT2D eigenvalue weighted by Crippen LogP contribution is 2.30. The maximum Gasteiger partial charge on any atom is 0.120 e. The van der Waals surface area contributed by atoms with Crippen LogP contribution in [0.5, 0.6) is 5.75 Å². The molecular formula is C15H22BrNO. The van der Waals surface area contributed by atoms with E-state index in [0.717, 1.165) is 21.7 Å². The van der Waals surface area contributed by atoms with Crippen LogP contribution in [0.4, 0.5) is 0 Å². The second kappa shape index (κ2) is 6.07. The third kappa shape index (κ3) is 3.48. The van der Waals surface area contributed by atoms with E-state index in [1.807, 2.05) is 19.1 Å². The predicted molar refractivity (Wildman–Crippen MR) is 78.8 cm³/mol. The molecule has 0 amide bonds. The minimum atomic E-state index is 0.0453. The minimum absolute atomic E-state index is 0.0453. The Morgan fingerprint density at radius 3 is 2.50 bits per heavy atom.